The van der Waals surface area contributed by atoms with Crippen molar-refractivity contribution in [3.8, 4) is 0 Å². The highest BCUT2D eigenvalue weighted by molar-refractivity contribution is 5.99. The third-order valence-corrected chi connectivity index (χ3v) is 3.69. The fourth-order valence-corrected chi connectivity index (χ4v) is 2.45. The second-order valence-electron chi connectivity index (χ2n) is 5.25. The normalized spacial score (nSPS) is 12.5. The summed E-state index contributed by atoms with van der Waals surface area (Å²) in [5.41, 5.74) is 2.50. The zero-order valence-corrected chi connectivity index (χ0v) is 12.4. The summed E-state index contributed by atoms with van der Waals surface area (Å²) in [5, 5.41) is 13.5. The molecule has 114 valence electrons. The number of para-hydroxylation sites is 1. The van der Waals surface area contributed by atoms with E-state index in [-0.39, 0.29) is 18.2 Å². The molecule has 1 aromatic carbocycles. The molecule has 0 saturated carbocycles. The van der Waals surface area contributed by atoms with Crippen LogP contribution in [0.3, 0.4) is 0 Å². The summed E-state index contributed by atoms with van der Waals surface area (Å²) in [5.74, 6) is 0.340. The van der Waals surface area contributed by atoms with E-state index >= 15 is 0 Å². The number of aliphatic hydroxyl groups excluding tert-OH is 1. The van der Waals surface area contributed by atoms with Gasteiger partial charge in [-0.25, -0.2) is 0 Å². The quantitative estimate of drug-likeness (QED) is 0.776. The van der Waals surface area contributed by atoms with Crippen molar-refractivity contribution < 1.29 is 18.7 Å². The maximum atomic E-state index is 12.3. The Morgan fingerprint density at radius 3 is 2.77 bits per heavy atom. The van der Waals surface area contributed by atoms with Crippen LogP contribution in [0.2, 0.25) is 0 Å². The molecule has 5 nitrogen and oxygen atoms in total. The molecule has 0 saturated heterocycles. The Kier molecular flexibility index (Phi) is 3.73. The van der Waals surface area contributed by atoms with Gasteiger partial charge in [-0.05, 0) is 31.5 Å². The van der Waals surface area contributed by atoms with Crippen LogP contribution in [0.15, 0.2) is 45.4 Å². The molecule has 3 rings (SSSR count). The molecule has 0 aliphatic heterocycles. The molecule has 1 unspecified atom stereocenters. The highest BCUT2D eigenvalue weighted by Crippen LogP contribution is 2.27. The lowest BCUT2D eigenvalue weighted by molar-refractivity contribution is 0.0875. The zero-order valence-electron chi connectivity index (χ0n) is 12.4. The monoisotopic (exact) mass is 299 g/mol. The van der Waals surface area contributed by atoms with Crippen LogP contribution in [0.4, 0.5) is 0 Å². The highest BCUT2D eigenvalue weighted by Gasteiger charge is 2.20. The van der Waals surface area contributed by atoms with Crippen LogP contribution in [0.5, 0.6) is 0 Å². The maximum absolute atomic E-state index is 12.3. The summed E-state index contributed by atoms with van der Waals surface area (Å²) in [6, 6.07) is 9.14. The van der Waals surface area contributed by atoms with Gasteiger partial charge in [0.25, 0.3) is 5.91 Å². The molecule has 2 aromatic heterocycles. The number of hydrogen-bond acceptors (Lipinski definition) is 4. The average molecular weight is 299 g/mol. The number of fused-ring (bicyclic) bond motifs is 1. The number of aliphatic hydroxyl groups is 1. The van der Waals surface area contributed by atoms with E-state index in [0.29, 0.717) is 5.76 Å². The molecule has 5 heteroatoms. The molecule has 2 N–H and O–H groups in total. The van der Waals surface area contributed by atoms with Gasteiger partial charge in [0.1, 0.15) is 17.4 Å². The molecule has 22 heavy (non-hydrogen) atoms. The van der Waals surface area contributed by atoms with Gasteiger partial charge in [-0.2, -0.15) is 0 Å². The Morgan fingerprint density at radius 1 is 1.27 bits per heavy atom. The van der Waals surface area contributed by atoms with E-state index in [0.717, 1.165) is 22.1 Å². The molecule has 0 radical (unpaired) electrons. The Hall–Kier alpha value is -2.53. The number of carbonyl (C=O) groups excluding carboxylic acids is 1. The van der Waals surface area contributed by atoms with Crippen molar-refractivity contribution in [1.82, 2.24) is 5.32 Å². The fourth-order valence-electron chi connectivity index (χ4n) is 2.45. The Morgan fingerprint density at radius 2 is 2.09 bits per heavy atom. The summed E-state index contributed by atoms with van der Waals surface area (Å²) in [6.45, 7) is 3.85. The summed E-state index contributed by atoms with van der Waals surface area (Å²) in [7, 11) is 0. The van der Waals surface area contributed by atoms with Crippen LogP contribution in [-0.2, 0) is 0 Å². The van der Waals surface area contributed by atoms with Gasteiger partial charge in [-0.15, -0.1) is 0 Å². The molecule has 0 fully saturated rings. The molecule has 0 spiro atoms. The first kappa shape index (κ1) is 14.4. The van der Waals surface area contributed by atoms with Gasteiger partial charge in [0.05, 0.1) is 12.8 Å². The van der Waals surface area contributed by atoms with Crippen LogP contribution in [0, 0.1) is 13.8 Å². The molecule has 0 aliphatic carbocycles. The molecule has 1 atom stereocenters. The second kappa shape index (κ2) is 5.69. The van der Waals surface area contributed by atoms with Gasteiger partial charge in [-0.3, -0.25) is 4.79 Å². The first-order chi connectivity index (χ1) is 10.6. The number of carbonyl (C=O) groups is 1. The Balaban J connectivity index is 1.78. The number of amides is 1. The van der Waals surface area contributed by atoms with Gasteiger partial charge in [0.2, 0.25) is 0 Å². The fraction of sp³-hybridized carbons (Fsp3) is 0.235. The number of rotatable bonds is 4. The molecular formula is C17H17NO4. The largest absolute Gasteiger partial charge is 0.467 e. The lowest BCUT2D eigenvalue weighted by Crippen LogP contribution is -2.28. The predicted octanol–water partition coefficient (Wildman–Crippen LogP) is 3.11. The van der Waals surface area contributed by atoms with Crippen molar-refractivity contribution in [3.05, 3.63) is 59.2 Å². The van der Waals surface area contributed by atoms with Crippen LogP contribution in [0.25, 0.3) is 11.0 Å². The zero-order chi connectivity index (χ0) is 15.7. The minimum Gasteiger partial charge on any atom is -0.467 e. The van der Waals surface area contributed by atoms with E-state index in [1.165, 1.54) is 6.26 Å². The number of benzene rings is 1. The van der Waals surface area contributed by atoms with Crippen molar-refractivity contribution in [3.63, 3.8) is 0 Å². The SMILES string of the molecule is Cc1c(C(=O)NCC(O)c2ccco2)oc2c(C)cccc12. The lowest BCUT2D eigenvalue weighted by Gasteiger charge is -2.08. The predicted molar refractivity (Wildman–Crippen MR) is 81.7 cm³/mol. The van der Waals surface area contributed by atoms with Crippen molar-refractivity contribution >= 4 is 16.9 Å². The summed E-state index contributed by atoms with van der Waals surface area (Å²) in [6.07, 6.45) is 0.595. The Bertz CT molecular complexity index is 802. The van der Waals surface area contributed by atoms with Crippen molar-refractivity contribution in [2.75, 3.05) is 6.54 Å². The maximum Gasteiger partial charge on any atom is 0.287 e. The van der Waals surface area contributed by atoms with Crippen LogP contribution >= 0.6 is 0 Å². The van der Waals surface area contributed by atoms with E-state index in [2.05, 4.69) is 5.32 Å². The van der Waals surface area contributed by atoms with Crippen LogP contribution in [-0.4, -0.2) is 17.6 Å². The molecule has 2 heterocycles. The topological polar surface area (TPSA) is 75.6 Å². The lowest BCUT2D eigenvalue weighted by atomic mass is 10.1. The first-order valence-electron chi connectivity index (χ1n) is 7.06. The van der Waals surface area contributed by atoms with Gasteiger partial charge >= 0.3 is 0 Å². The summed E-state index contributed by atoms with van der Waals surface area (Å²) in [4.78, 5) is 12.3. The molecule has 0 aliphatic rings. The van der Waals surface area contributed by atoms with Crippen LogP contribution < -0.4 is 5.32 Å². The van der Waals surface area contributed by atoms with Gasteiger partial charge < -0.3 is 19.3 Å². The van der Waals surface area contributed by atoms with E-state index in [9.17, 15) is 9.90 Å². The number of aryl methyl sites for hydroxylation is 2. The third kappa shape index (κ3) is 2.51. The minimum atomic E-state index is -0.884. The smallest absolute Gasteiger partial charge is 0.287 e. The summed E-state index contributed by atoms with van der Waals surface area (Å²) >= 11 is 0. The molecular weight excluding hydrogens is 282 g/mol. The molecule has 3 aromatic rings. The standard InChI is InChI=1S/C17H17NO4/c1-10-5-3-6-12-11(2)16(22-15(10)12)17(20)18-9-13(19)14-7-4-8-21-14/h3-8,13,19H,9H2,1-2H3,(H,18,20). The van der Waals surface area contributed by atoms with Gasteiger partial charge in [0.15, 0.2) is 5.76 Å². The van der Waals surface area contributed by atoms with E-state index < -0.39 is 6.10 Å². The number of furan rings is 2. The van der Waals surface area contributed by atoms with Crippen molar-refractivity contribution in [2.24, 2.45) is 0 Å². The van der Waals surface area contributed by atoms with E-state index in [1.54, 1.807) is 12.1 Å². The third-order valence-electron chi connectivity index (χ3n) is 3.69. The van der Waals surface area contributed by atoms with Gasteiger partial charge in [-0.1, -0.05) is 18.2 Å². The molecule has 0 bridgehead atoms. The summed E-state index contributed by atoms with van der Waals surface area (Å²) < 4.78 is 10.8. The van der Waals surface area contributed by atoms with Crippen molar-refractivity contribution in [2.45, 2.75) is 20.0 Å². The first-order valence-corrected chi connectivity index (χ1v) is 7.06. The van der Waals surface area contributed by atoms with Crippen LogP contribution in [0.1, 0.15) is 33.5 Å². The minimum absolute atomic E-state index is 0.0574. The van der Waals surface area contributed by atoms with E-state index in [4.69, 9.17) is 8.83 Å². The van der Waals surface area contributed by atoms with Crippen molar-refractivity contribution in [1.29, 1.82) is 0 Å². The molecule has 1 amide bonds. The second-order valence-corrected chi connectivity index (χ2v) is 5.25. The van der Waals surface area contributed by atoms with E-state index in [1.807, 2.05) is 32.0 Å². The van der Waals surface area contributed by atoms with Gasteiger partial charge in [0, 0.05) is 10.9 Å². The Labute approximate surface area is 127 Å². The number of nitrogens with one attached hydrogen (secondary N) is 1. The average Bonchev–Trinajstić information content (AvgIpc) is 3.14. The highest BCUT2D eigenvalue weighted by atomic mass is 16.4. The number of hydrogen-bond donors (Lipinski definition) is 2.